The molecule has 0 aliphatic carbocycles. The first-order valence-electron chi connectivity index (χ1n) is 4.54. The smallest absolute Gasteiger partial charge is 0.152 e. The highest BCUT2D eigenvalue weighted by atomic mass is 16.1. The second-order valence-electron chi connectivity index (χ2n) is 3.11. The standard InChI is InChI=1S/C12H11NO/c1-2-7-13-8-10(9-14)11-5-3-4-6-12(11)13/h2-9H,1H3. The molecule has 0 saturated carbocycles. The van der Waals surface area contributed by atoms with Gasteiger partial charge >= 0.3 is 0 Å². The second-order valence-corrected chi connectivity index (χ2v) is 3.11. The lowest BCUT2D eigenvalue weighted by Gasteiger charge is -1.95. The van der Waals surface area contributed by atoms with Crippen molar-refractivity contribution in [2.45, 2.75) is 6.92 Å². The van der Waals surface area contributed by atoms with Crippen molar-refractivity contribution in [1.29, 1.82) is 0 Å². The molecule has 0 fully saturated rings. The lowest BCUT2D eigenvalue weighted by Crippen LogP contribution is -1.80. The molecule has 0 saturated heterocycles. The van der Waals surface area contributed by atoms with E-state index in [4.69, 9.17) is 0 Å². The third kappa shape index (κ3) is 1.25. The van der Waals surface area contributed by atoms with Crippen LogP contribution in [0.5, 0.6) is 0 Å². The number of hydrogen-bond acceptors (Lipinski definition) is 1. The van der Waals surface area contributed by atoms with Crippen LogP contribution in [0.4, 0.5) is 0 Å². The van der Waals surface area contributed by atoms with Gasteiger partial charge in [0.05, 0.1) is 5.52 Å². The van der Waals surface area contributed by atoms with E-state index in [0.29, 0.717) is 0 Å². The van der Waals surface area contributed by atoms with Gasteiger partial charge in [0.2, 0.25) is 0 Å². The highest BCUT2D eigenvalue weighted by Crippen LogP contribution is 2.19. The molecular formula is C12H11NO. The average molecular weight is 185 g/mol. The fourth-order valence-electron chi connectivity index (χ4n) is 1.61. The van der Waals surface area contributed by atoms with Crippen LogP contribution >= 0.6 is 0 Å². The molecule has 2 heteroatoms. The van der Waals surface area contributed by atoms with E-state index >= 15 is 0 Å². The van der Waals surface area contributed by atoms with Gasteiger partial charge in [0.15, 0.2) is 6.29 Å². The zero-order valence-electron chi connectivity index (χ0n) is 7.97. The zero-order chi connectivity index (χ0) is 9.97. The summed E-state index contributed by atoms with van der Waals surface area (Å²) in [4.78, 5) is 10.8. The van der Waals surface area contributed by atoms with E-state index in [0.717, 1.165) is 22.8 Å². The number of benzene rings is 1. The lowest BCUT2D eigenvalue weighted by molar-refractivity contribution is 0.112. The number of fused-ring (bicyclic) bond motifs is 1. The van der Waals surface area contributed by atoms with E-state index in [1.54, 1.807) is 0 Å². The first-order chi connectivity index (χ1) is 6.86. The molecule has 70 valence electrons. The van der Waals surface area contributed by atoms with Gasteiger partial charge in [-0.3, -0.25) is 4.79 Å². The Morgan fingerprint density at radius 2 is 2.07 bits per heavy atom. The summed E-state index contributed by atoms with van der Waals surface area (Å²) in [6.07, 6.45) is 6.62. The van der Waals surface area contributed by atoms with E-state index in [9.17, 15) is 4.79 Å². The minimum atomic E-state index is 0.735. The molecule has 14 heavy (non-hydrogen) atoms. The summed E-state index contributed by atoms with van der Waals surface area (Å²) in [5.74, 6) is 0. The van der Waals surface area contributed by atoms with Gasteiger partial charge in [-0.05, 0) is 13.0 Å². The molecule has 1 aromatic heterocycles. The molecule has 0 N–H and O–H groups in total. The Morgan fingerprint density at radius 3 is 2.79 bits per heavy atom. The maximum Gasteiger partial charge on any atom is 0.152 e. The summed E-state index contributed by atoms with van der Waals surface area (Å²) in [7, 11) is 0. The quantitative estimate of drug-likeness (QED) is 0.659. The van der Waals surface area contributed by atoms with Crippen LogP contribution in [-0.2, 0) is 0 Å². The third-order valence-electron chi connectivity index (χ3n) is 2.21. The Labute approximate surface area is 82.5 Å². The third-order valence-corrected chi connectivity index (χ3v) is 2.21. The summed E-state index contributed by atoms with van der Waals surface area (Å²) >= 11 is 0. The van der Waals surface area contributed by atoms with Crippen molar-refractivity contribution >= 4 is 23.4 Å². The summed E-state index contributed by atoms with van der Waals surface area (Å²) < 4.78 is 1.96. The first kappa shape index (κ1) is 8.75. The number of hydrogen-bond donors (Lipinski definition) is 0. The molecule has 0 aliphatic rings. The topological polar surface area (TPSA) is 22.0 Å². The average Bonchev–Trinajstić information content (AvgIpc) is 2.58. The van der Waals surface area contributed by atoms with Crippen LogP contribution in [0.15, 0.2) is 36.5 Å². The van der Waals surface area contributed by atoms with Crippen LogP contribution in [0.1, 0.15) is 17.3 Å². The number of rotatable bonds is 2. The fraction of sp³-hybridized carbons (Fsp3) is 0.0833. The second kappa shape index (κ2) is 3.50. The largest absolute Gasteiger partial charge is 0.323 e. The molecule has 0 atom stereocenters. The van der Waals surface area contributed by atoms with Crippen LogP contribution in [0.2, 0.25) is 0 Å². The first-order valence-corrected chi connectivity index (χ1v) is 4.54. The van der Waals surface area contributed by atoms with Crippen LogP contribution in [0.25, 0.3) is 17.1 Å². The molecule has 2 nitrogen and oxygen atoms in total. The Morgan fingerprint density at radius 1 is 1.29 bits per heavy atom. The molecule has 0 aliphatic heterocycles. The number of carbonyl (C=O) groups excluding carboxylic acids is 1. The fourth-order valence-corrected chi connectivity index (χ4v) is 1.61. The Balaban J connectivity index is 2.79. The predicted molar refractivity (Wildman–Crippen MR) is 58.3 cm³/mol. The van der Waals surface area contributed by atoms with E-state index in [2.05, 4.69) is 0 Å². The van der Waals surface area contributed by atoms with Gasteiger partial charge < -0.3 is 4.57 Å². The minimum absolute atomic E-state index is 0.735. The monoisotopic (exact) mass is 185 g/mol. The highest BCUT2D eigenvalue weighted by Gasteiger charge is 2.04. The summed E-state index contributed by atoms with van der Waals surface area (Å²) in [6.45, 7) is 1.95. The molecule has 2 rings (SSSR count). The highest BCUT2D eigenvalue weighted by molar-refractivity contribution is 5.98. The van der Waals surface area contributed by atoms with E-state index < -0.39 is 0 Å². The predicted octanol–water partition coefficient (Wildman–Crippen LogP) is 2.94. The molecule has 1 aromatic carbocycles. The van der Waals surface area contributed by atoms with Crippen LogP contribution in [0.3, 0.4) is 0 Å². The Hall–Kier alpha value is -1.83. The molecular weight excluding hydrogens is 174 g/mol. The molecule has 0 unspecified atom stereocenters. The normalized spacial score (nSPS) is 11.2. The van der Waals surface area contributed by atoms with Crippen molar-refractivity contribution in [1.82, 2.24) is 4.57 Å². The Bertz CT molecular complexity index is 494. The van der Waals surface area contributed by atoms with Crippen LogP contribution < -0.4 is 0 Å². The van der Waals surface area contributed by atoms with Crippen molar-refractivity contribution in [3.63, 3.8) is 0 Å². The van der Waals surface area contributed by atoms with Gasteiger partial charge in [-0.25, -0.2) is 0 Å². The minimum Gasteiger partial charge on any atom is -0.323 e. The van der Waals surface area contributed by atoms with Crippen LogP contribution in [0, 0.1) is 0 Å². The van der Waals surface area contributed by atoms with Gasteiger partial charge in [-0.2, -0.15) is 0 Å². The number of para-hydroxylation sites is 1. The lowest BCUT2D eigenvalue weighted by atomic mass is 10.2. The number of carbonyl (C=O) groups is 1. The van der Waals surface area contributed by atoms with E-state index in [-0.39, 0.29) is 0 Å². The van der Waals surface area contributed by atoms with Crippen molar-refractivity contribution < 1.29 is 4.79 Å². The molecule has 0 bridgehead atoms. The number of aromatic nitrogens is 1. The van der Waals surface area contributed by atoms with Gasteiger partial charge in [0.25, 0.3) is 0 Å². The number of allylic oxidation sites excluding steroid dienone is 1. The number of nitrogens with zero attached hydrogens (tertiary/aromatic N) is 1. The van der Waals surface area contributed by atoms with Gasteiger partial charge in [-0.15, -0.1) is 0 Å². The van der Waals surface area contributed by atoms with Crippen LogP contribution in [-0.4, -0.2) is 10.9 Å². The summed E-state index contributed by atoms with van der Waals surface area (Å²) in [5.41, 5.74) is 1.80. The van der Waals surface area contributed by atoms with Gasteiger partial charge in [0, 0.05) is 23.3 Å². The van der Waals surface area contributed by atoms with Gasteiger partial charge in [0.1, 0.15) is 0 Å². The van der Waals surface area contributed by atoms with Crippen molar-refractivity contribution in [3.8, 4) is 0 Å². The number of aldehydes is 1. The molecule has 0 amide bonds. The molecule has 1 heterocycles. The SMILES string of the molecule is CC=Cn1cc(C=O)c2ccccc21. The Kier molecular flexibility index (Phi) is 2.19. The zero-order valence-corrected chi connectivity index (χ0v) is 7.97. The maximum atomic E-state index is 10.8. The maximum absolute atomic E-state index is 10.8. The van der Waals surface area contributed by atoms with Gasteiger partial charge in [-0.1, -0.05) is 24.3 Å². The molecule has 2 aromatic rings. The summed E-state index contributed by atoms with van der Waals surface area (Å²) in [5, 5.41) is 1.00. The summed E-state index contributed by atoms with van der Waals surface area (Å²) in [6, 6.07) is 7.87. The molecule has 0 spiro atoms. The van der Waals surface area contributed by atoms with E-state index in [1.807, 2.05) is 54.2 Å². The van der Waals surface area contributed by atoms with Crippen molar-refractivity contribution in [3.05, 3.63) is 42.1 Å². The van der Waals surface area contributed by atoms with Crippen molar-refractivity contribution in [2.75, 3.05) is 0 Å². The molecule has 0 radical (unpaired) electrons. The van der Waals surface area contributed by atoms with Crippen molar-refractivity contribution in [2.24, 2.45) is 0 Å². The van der Waals surface area contributed by atoms with E-state index in [1.165, 1.54) is 0 Å².